The van der Waals surface area contributed by atoms with E-state index in [1.165, 1.54) is 23.8 Å². The predicted octanol–water partition coefficient (Wildman–Crippen LogP) is 5.03. The molecule has 13 heteroatoms. The third-order valence-corrected chi connectivity index (χ3v) is 7.61. The fraction of sp³-hybridized carbons (Fsp3) is 0.300. The molecule has 0 saturated carbocycles. The average Bonchev–Trinajstić information content (AvgIpc) is 2.99. The van der Waals surface area contributed by atoms with Gasteiger partial charge in [0.1, 0.15) is 11.5 Å². The second-order valence-electron chi connectivity index (χ2n) is 10.2. The first kappa shape index (κ1) is 30.1. The van der Waals surface area contributed by atoms with Crippen LogP contribution in [0.15, 0.2) is 59.4 Å². The molecule has 1 aromatic heterocycles. The number of hydrogen-bond acceptors (Lipinski definition) is 7. The van der Waals surface area contributed by atoms with E-state index in [0.29, 0.717) is 54.1 Å². The van der Waals surface area contributed by atoms with Crippen LogP contribution in [0.5, 0.6) is 11.5 Å². The highest BCUT2D eigenvalue weighted by molar-refractivity contribution is 6.30. The van der Waals surface area contributed by atoms with Crippen LogP contribution in [0.25, 0.3) is 10.9 Å². The van der Waals surface area contributed by atoms with E-state index in [4.69, 9.17) is 21.1 Å². The van der Waals surface area contributed by atoms with Gasteiger partial charge in [0.05, 0.1) is 36.9 Å². The van der Waals surface area contributed by atoms with Gasteiger partial charge >= 0.3 is 6.03 Å². The number of amides is 2. The molecule has 43 heavy (non-hydrogen) atoms. The highest BCUT2D eigenvalue weighted by Crippen LogP contribution is 2.37. The lowest BCUT2D eigenvalue weighted by Crippen LogP contribution is -2.55. The van der Waals surface area contributed by atoms with Crippen LogP contribution in [0.2, 0.25) is 5.02 Å². The number of piperazine rings is 1. The Hall–Kier alpha value is -4.42. The molecule has 1 N–H and O–H groups in total. The predicted molar refractivity (Wildman–Crippen MR) is 162 cm³/mol. The van der Waals surface area contributed by atoms with Crippen molar-refractivity contribution in [3.05, 3.63) is 87.4 Å². The zero-order valence-electron chi connectivity index (χ0n) is 24.1. The highest BCUT2D eigenvalue weighted by atomic mass is 35.5. The van der Waals surface area contributed by atoms with Crippen molar-refractivity contribution < 1.29 is 23.0 Å². The molecule has 1 unspecified atom stereocenters. The number of rotatable bonds is 7. The largest absolute Gasteiger partial charge is 0.497 e. The van der Waals surface area contributed by atoms with E-state index in [1.807, 2.05) is 7.05 Å². The molecule has 0 bridgehead atoms. The minimum Gasteiger partial charge on any atom is -0.497 e. The van der Waals surface area contributed by atoms with Gasteiger partial charge in [0.25, 0.3) is 5.56 Å². The van der Waals surface area contributed by atoms with E-state index >= 15 is 0 Å². The van der Waals surface area contributed by atoms with Crippen molar-refractivity contribution in [3.63, 3.8) is 0 Å². The topological polar surface area (TPSA) is 92.2 Å². The van der Waals surface area contributed by atoms with Gasteiger partial charge in [-0.3, -0.25) is 9.69 Å². The van der Waals surface area contributed by atoms with Crippen molar-refractivity contribution in [1.82, 2.24) is 14.6 Å². The molecule has 0 radical (unpaired) electrons. The van der Waals surface area contributed by atoms with Crippen LogP contribution < -0.4 is 30.3 Å². The van der Waals surface area contributed by atoms with Crippen LogP contribution in [-0.2, 0) is 0 Å². The number of ether oxygens (including phenoxy) is 2. The second kappa shape index (κ2) is 12.4. The van der Waals surface area contributed by atoms with Crippen LogP contribution in [0.1, 0.15) is 18.8 Å². The lowest BCUT2D eigenvalue weighted by Gasteiger charge is -2.38. The van der Waals surface area contributed by atoms with E-state index < -0.39 is 29.3 Å². The Bertz CT molecular complexity index is 1730. The van der Waals surface area contributed by atoms with Crippen molar-refractivity contribution in [1.29, 1.82) is 0 Å². The molecule has 2 heterocycles. The van der Waals surface area contributed by atoms with Gasteiger partial charge in [-0.05, 0) is 50.4 Å². The first-order valence-electron chi connectivity index (χ1n) is 13.5. The summed E-state index contributed by atoms with van der Waals surface area (Å²) in [6, 6.07) is 11.9. The molecular formula is C30H31ClF2N6O4. The summed E-state index contributed by atoms with van der Waals surface area (Å²) in [7, 11) is 4.94. The molecule has 5 rings (SSSR count). The number of carbonyl (C=O) groups is 1. The van der Waals surface area contributed by atoms with Crippen molar-refractivity contribution >= 4 is 39.9 Å². The number of urea groups is 1. The van der Waals surface area contributed by atoms with Gasteiger partial charge < -0.3 is 24.7 Å². The number of nitrogens with zero attached hydrogens (tertiary/aromatic N) is 5. The smallest absolute Gasteiger partial charge is 0.327 e. The van der Waals surface area contributed by atoms with Gasteiger partial charge in [-0.25, -0.2) is 23.2 Å². The van der Waals surface area contributed by atoms with Crippen molar-refractivity contribution in [2.75, 3.05) is 62.7 Å². The Morgan fingerprint density at radius 3 is 2.42 bits per heavy atom. The first-order valence-corrected chi connectivity index (χ1v) is 13.9. The molecule has 1 aliphatic heterocycles. The molecule has 10 nitrogen and oxygen atoms in total. The summed E-state index contributed by atoms with van der Waals surface area (Å²) >= 11 is 6.17. The van der Waals surface area contributed by atoms with Gasteiger partial charge in [-0.2, -0.15) is 0 Å². The summed E-state index contributed by atoms with van der Waals surface area (Å²) in [6.45, 7) is 3.94. The molecule has 0 spiro atoms. The van der Waals surface area contributed by atoms with Crippen LogP contribution >= 0.6 is 11.6 Å². The number of likely N-dealkylation sites (N-methyl/N-ethyl adjacent to an activating group) is 1. The fourth-order valence-electron chi connectivity index (χ4n) is 5.07. The number of fused-ring (bicyclic) bond motifs is 1. The van der Waals surface area contributed by atoms with Gasteiger partial charge in [0.2, 0.25) is 0 Å². The molecule has 4 aromatic rings. The quantitative estimate of drug-likeness (QED) is 0.313. The monoisotopic (exact) mass is 612 g/mol. The molecule has 1 atom stereocenters. The van der Waals surface area contributed by atoms with E-state index in [0.717, 1.165) is 12.1 Å². The summed E-state index contributed by atoms with van der Waals surface area (Å²) in [5.41, 5.74) is 0.169. The SMILES string of the molecule is COc1ccc(N(C(=O)Nc2cccc(Cl)c2)C(C)c2nc3cc(F)c(F)cc3c(=O)n2N2CCN(C)CC2)c(OC)c1. The number of methoxy groups -OCH3 is 2. The molecule has 226 valence electrons. The maximum absolute atomic E-state index is 14.4. The van der Waals surface area contributed by atoms with E-state index in [2.05, 4.69) is 15.2 Å². The number of benzene rings is 3. The number of nitrogens with one attached hydrogen (secondary N) is 1. The third kappa shape index (κ3) is 6.06. The average molecular weight is 613 g/mol. The number of carbonyl (C=O) groups excluding carboxylic acids is 1. The lowest BCUT2D eigenvalue weighted by atomic mass is 10.1. The Morgan fingerprint density at radius 1 is 1.02 bits per heavy atom. The summed E-state index contributed by atoms with van der Waals surface area (Å²) in [6.07, 6.45) is 0. The number of halogens is 3. The lowest BCUT2D eigenvalue weighted by molar-refractivity contribution is 0.253. The summed E-state index contributed by atoms with van der Waals surface area (Å²) < 4.78 is 41.0. The zero-order chi connectivity index (χ0) is 30.8. The first-order chi connectivity index (χ1) is 20.6. The molecule has 1 saturated heterocycles. The van der Waals surface area contributed by atoms with Crippen LogP contribution in [0.4, 0.5) is 25.0 Å². The van der Waals surface area contributed by atoms with Crippen molar-refractivity contribution in [3.8, 4) is 11.5 Å². The summed E-state index contributed by atoms with van der Waals surface area (Å²) in [5.74, 6) is -1.33. The van der Waals surface area contributed by atoms with Crippen molar-refractivity contribution in [2.24, 2.45) is 0 Å². The minimum atomic E-state index is -1.15. The molecule has 2 amide bonds. The second-order valence-corrected chi connectivity index (χ2v) is 10.6. The van der Waals surface area contributed by atoms with Gasteiger partial charge in [0, 0.05) is 49.0 Å². The van der Waals surface area contributed by atoms with Crippen LogP contribution in [0.3, 0.4) is 0 Å². The van der Waals surface area contributed by atoms with E-state index in [1.54, 1.807) is 54.4 Å². The maximum atomic E-state index is 14.4. The molecule has 1 aliphatic rings. The Morgan fingerprint density at radius 2 is 1.74 bits per heavy atom. The molecule has 1 fully saturated rings. The normalized spacial score (nSPS) is 14.4. The van der Waals surface area contributed by atoms with Crippen LogP contribution in [-0.4, -0.2) is 68.0 Å². The van der Waals surface area contributed by atoms with Gasteiger partial charge in [0.15, 0.2) is 17.5 Å². The summed E-state index contributed by atoms with van der Waals surface area (Å²) in [4.78, 5) is 36.2. The fourth-order valence-corrected chi connectivity index (χ4v) is 5.26. The van der Waals surface area contributed by atoms with Crippen LogP contribution in [0, 0.1) is 11.6 Å². The Balaban J connectivity index is 1.71. The highest BCUT2D eigenvalue weighted by Gasteiger charge is 2.32. The number of aromatic nitrogens is 2. The zero-order valence-corrected chi connectivity index (χ0v) is 24.9. The standard InChI is InChI=1S/C30H31ClF2N6O4/c1-18(28-35-25-17-24(33)23(32)16-22(25)29(40)39(28)37-12-10-36(2)11-13-37)38(26-9-8-21(42-3)15-27(26)43-4)30(41)34-20-7-5-6-19(31)14-20/h5-9,14-18H,10-13H2,1-4H3,(H,34,41). The molecular weight excluding hydrogens is 582 g/mol. The molecule has 0 aliphatic carbocycles. The molecule has 3 aromatic carbocycles. The van der Waals surface area contributed by atoms with E-state index in [9.17, 15) is 18.4 Å². The number of anilines is 2. The third-order valence-electron chi connectivity index (χ3n) is 7.38. The number of hydrogen-bond donors (Lipinski definition) is 1. The maximum Gasteiger partial charge on any atom is 0.327 e. The minimum absolute atomic E-state index is 0.0342. The summed E-state index contributed by atoms with van der Waals surface area (Å²) in [5, 5.41) is 5.01. The van der Waals surface area contributed by atoms with Gasteiger partial charge in [-0.1, -0.05) is 17.7 Å². The Kier molecular flexibility index (Phi) is 8.69. The van der Waals surface area contributed by atoms with Crippen molar-refractivity contribution in [2.45, 2.75) is 13.0 Å². The van der Waals surface area contributed by atoms with E-state index in [-0.39, 0.29) is 16.7 Å². The Labute approximate surface area is 252 Å². The van der Waals surface area contributed by atoms with Gasteiger partial charge in [-0.15, -0.1) is 0 Å².